The van der Waals surface area contributed by atoms with E-state index in [1.165, 1.54) is 16.6 Å². The number of nitrogens with zero attached hydrogens (tertiary/aromatic N) is 3. The summed E-state index contributed by atoms with van der Waals surface area (Å²) in [6.07, 6.45) is 6.24. The number of aromatic nitrogens is 2. The average molecular weight is 462 g/mol. The van der Waals surface area contributed by atoms with Crippen LogP contribution < -0.4 is 5.56 Å². The van der Waals surface area contributed by atoms with Crippen LogP contribution >= 0.6 is 23.1 Å². The summed E-state index contributed by atoms with van der Waals surface area (Å²) in [6, 6.07) is 0. The van der Waals surface area contributed by atoms with E-state index in [0.29, 0.717) is 31.4 Å². The van der Waals surface area contributed by atoms with Gasteiger partial charge < -0.3 is 9.64 Å². The number of thioether (sulfide) groups is 1. The van der Waals surface area contributed by atoms with Gasteiger partial charge in [0.1, 0.15) is 4.83 Å². The molecular formula is C22H27N3O4S2. The molecule has 1 fully saturated rings. The third-order valence-electron chi connectivity index (χ3n) is 5.82. The molecule has 3 heterocycles. The summed E-state index contributed by atoms with van der Waals surface area (Å²) in [6.45, 7) is 7.30. The fourth-order valence-corrected chi connectivity index (χ4v) is 6.55. The number of ether oxygens (including phenoxy) is 1. The van der Waals surface area contributed by atoms with E-state index in [1.807, 2.05) is 0 Å². The van der Waals surface area contributed by atoms with E-state index >= 15 is 0 Å². The molecule has 4 rings (SSSR count). The Kier molecular flexibility index (Phi) is 6.81. The summed E-state index contributed by atoms with van der Waals surface area (Å²) < 4.78 is 6.74. The highest BCUT2D eigenvalue weighted by Gasteiger charge is 2.30. The zero-order valence-electron chi connectivity index (χ0n) is 17.7. The van der Waals surface area contributed by atoms with Gasteiger partial charge in [0, 0.05) is 24.5 Å². The SMILES string of the molecule is C=CCn1c(SCC(=O)N2CCCC(C(=O)OCC)C2)nc2sc3c(c2c1=O)CCC3. The number of allylic oxidation sites excluding steroid dienone is 1. The first-order valence-corrected chi connectivity index (χ1v) is 12.6. The normalized spacial score (nSPS) is 18.2. The van der Waals surface area contributed by atoms with Crippen molar-refractivity contribution in [3.8, 4) is 0 Å². The number of carbonyl (C=O) groups is 2. The number of amides is 1. The van der Waals surface area contributed by atoms with Crippen LogP contribution in [0.15, 0.2) is 22.6 Å². The molecule has 0 saturated carbocycles. The fraction of sp³-hybridized carbons (Fsp3) is 0.545. The zero-order valence-corrected chi connectivity index (χ0v) is 19.4. The minimum atomic E-state index is -0.260. The molecule has 166 valence electrons. The number of rotatable bonds is 7. The van der Waals surface area contributed by atoms with E-state index in [-0.39, 0.29) is 29.1 Å². The van der Waals surface area contributed by atoms with Gasteiger partial charge in [-0.2, -0.15) is 0 Å². The minimum Gasteiger partial charge on any atom is -0.466 e. The molecule has 1 unspecified atom stereocenters. The number of thiophene rings is 1. The predicted molar refractivity (Wildman–Crippen MR) is 123 cm³/mol. The Morgan fingerprint density at radius 2 is 2.19 bits per heavy atom. The van der Waals surface area contributed by atoms with Gasteiger partial charge in [-0.25, -0.2) is 4.98 Å². The molecule has 2 aromatic heterocycles. The van der Waals surface area contributed by atoms with Crippen LogP contribution in [0.3, 0.4) is 0 Å². The highest BCUT2D eigenvalue weighted by Crippen LogP contribution is 2.35. The van der Waals surface area contributed by atoms with E-state index in [4.69, 9.17) is 9.72 Å². The lowest BCUT2D eigenvalue weighted by Crippen LogP contribution is -2.43. The smallest absolute Gasteiger partial charge is 0.310 e. The summed E-state index contributed by atoms with van der Waals surface area (Å²) >= 11 is 2.88. The third-order valence-corrected chi connectivity index (χ3v) is 7.97. The average Bonchev–Trinajstić information content (AvgIpc) is 3.35. The number of hydrogen-bond acceptors (Lipinski definition) is 7. The highest BCUT2D eigenvalue weighted by molar-refractivity contribution is 7.99. The topological polar surface area (TPSA) is 81.5 Å². The number of hydrogen-bond donors (Lipinski definition) is 0. The van der Waals surface area contributed by atoms with E-state index in [9.17, 15) is 14.4 Å². The van der Waals surface area contributed by atoms with Crippen molar-refractivity contribution < 1.29 is 14.3 Å². The molecule has 0 aromatic carbocycles. The van der Waals surface area contributed by atoms with Crippen LogP contribution in [0, 0.1) is 5.92 Å². The van der Waals surface area contributed by atoms with Crippen molar-refractivity contribution in [2.45, 2.75) is 50.7 Å². The van der Waals surface area contributed by atoms with E-state index < -0.39 is 0 Å². The van der Waals surface area contributed by atoms with Gasteiger partial charge in [-0.3, -0.25) is 19.0 Å². The molecule has 2 aliphatic rings. The fourth-order valence-electron chi connectivity index (χ4n) is 4.33. The number of piperidine rings is 1. The Balaban J connectivity index is 1.51. The molecule has 0 N–H and O–H groups in total. The van der Waals surface area contributed by atoms with Crippen LogP contribution in [-0.4, -0.2) is 51.8 Å². The molecule has 1 amide bonds. The second-order valence-corrected chi connectivity index (χ2v) is 9.88. The summed E-state index contributed by atoms with van der Waals surface area (Å²) in [5, 5.41) is 1.29. The van der Waals surface area contributed by atoms with Crippen molar-refractivity contribution >= 4 is 45.2 Å². The predicted octanol–water partition coefficient (Wildman–Crippen LogP) is 3.03. The molecule has 0 spiro atoms. The molecule has 1 aliphatic heterocycles. The van der Waals surface area contributed by atoms with Crippen molar-refractivity contribution in [3.05, 3.63) is 33.4 Å². The standard InChI is InChI=1S/C22H27N3O4S2/c1-3-10-25-20(27)18-15-8-5-9-16(15)31-19(18)23-22(25)30-13-17(26)24-11-6-7-14(12-24)21(28)29-4-2/h3,14H,1,4-13H2,2H3. The molecule has 0 radical (unpaired) electrons. The molecule has 9 heteroatoms. The second-order valence-electron chi connectivity index (χ2n) is 7.86. The van der Waals surface area contributed by atoms with E-state index in [2.05, 4.69) is 6.58 Å². The zero-order chi connectivity index (χ0) is 22.0. The molecule has 7 nitrogen and oxygen atoms in total. The maximum atomic E-state index is 13.2. The first kappa shape index (κ1) is 22.1. The molecule has 1 aliphatic carbocycles. The molecule has 31 heavy (non-hydrogen) atoms. The van der Waals surface area contributed by atoms with E-state index in [0.717, 1.165) is 47.9 Å². The van der Waals surface area contributed by atoms with Gasteiger partial charge in [0.25, 0.3) is 5.56 Å². The Morgan fingerprint density at radius 3 is 2.97 bits per heavy atom. The maximum Gasteiger partial charge on any atom is 0.310 e. The second kappa shape index (κ2) is 9.56. The van der Waals surface area contributed by atoms with Gasteiger partial charge in [-0.05, 0) is 44.6 Å². The number of fused-ring (bicyclic) bond motifs is 3. The lowest BCUT2D eigenvalue weighted by Gasteiger charge is -2.31. The van der Waals surface area contributed by atoms with Gasteiger partial charge in [-0.1, -0.05) is 17.8 Å². The van der Waals surface area contributed by atoms with Crippen molar-refractivity contribution in [2.75, 3.05) is 25.4 Å². The Labute approximate surface area is 189 Å². The number of likely N-dealkylation sites (tertiary alicyclic amines) is 1. The van der Waals surface area contributed by atoms with Gasteiger partial charge >= 0.3 is 5.97 Å². The largest absolute Gasteiger partial charge is 0.466 e. The quantitative estimate of drug-likeness (QED) is 0.273. The summed E-state index contributed by atoms with van der Waals surface area (Å²) in [4.78, 5) is 46.6. The lowest BCUT2D eigenvalue weighted by atomic mass is 9.98. The first-order valence-electron chi connectivity index (χ1n) is 10.8. The number of carbonyl (C=O) groups excluding carboxylic acids is 2. The highest BCUT2D eigenvalue weighted by atomic mass is 32.2. The van der Waals surface area contributed by atoms with Gasteiger partial charge in [-0.15, -0.1) is 17.9 Å². The van der Waals surface area contributed by atoms with Crippen LogP contribution in [0.2, 0.25) is 0 Å². The Morgan fingerprint density at radius 1 is 1.35 bits per heavy atom. The minimum absolute atomic E-state index is 0.0420. The molecule has 2 aromatic rings. The molecule has 1 saturated heterocycles. The lowest BCUT2D eigenvalue weighted by molar-refractivity contribution is -0.151. The third kappa shape index (κ3) is 4.43. The van der Waals surface area contributed by atoms with Crippen LogP contribution in [0.5, 0.6) is 0 Å². The Hall–Kier alpha value is -2.13. The maximum absolute atomic E-state index is 13.2. The van der Waals surface area contributed by atoms with Gasteiger partial charge in [0.15, 0.2) is 5.16 Å². The first-order chi connectivity index (χ1) is 15.0. The Bertz CT molecular complexity index is 1070. The summed E-state index contributed by atoms with van der Waals surface area (Å²) in [5.74, 6) is -0.363. The van der Waals surface area contributed by atoms with Crippen LogP contribution in [-0.2, 0) is 33.7 Å². The van der Waals surface area contributed by atoms with Crippen LogP contribution in [0.1, 0.15) is 36.6 Å². The molecule has 1 atom stereocenters. The summed E-state index contributed by atoms with van der Waals surface area (Å²) in [5.41, 5.74) is 1.11. The number of esters is 1. The number of aryl methyl sites for hydroxylation is 2. The molecule has 0 bridgehead atoms. The van der Waals surface area contributed by atoms with Gasteiger partial charge in [0.2, 0.25) is 5.91 Å². The summed E-state index contributed by atoms with van der Waals surface area (Å²) in [7, 11) is 0. The van der Waals surface area contributed by atoms with Crippen LogP contribution in [0.25, 0.3) is 10.2 Å². The van der Waals surface area contributed by atoms with Crippen molar-refractivity contribution in [3.63, 3.8) is 0 Å². The van der Waals surface area contributed by atoms with Crippen LogP contribution in [0.4, 0.5) is 0 Å². The van der Waals surface area contributed by atoms with Gasteiger partial charge in [0.05, 0.1) is 23.7 Å². The van der Waals surface area contributed by atoms with E-state index in [1.54, 1.807) is 33.8 Å². The monoisotopic (exact) mass is 461 g/mol. The van der Waals surface area contributed by atoms with Crippen molar-refractivity contribution in [2.24, 2.45) is 5.92 Å². The van der Waals surface area contributed by atoms with Crippen molar-refractivity contribution in [1.82, 2.24) is 14.5 Å². The van der Waals surface area contributed by atoms with Crippen molar-refractivity contribution in [1.29, 1.82) is 0 Å². The molecular weight excluding hydrogens is 434 g/mol.